The van der Waals surface area contributed by atoms with Gasteiger partial charge in [0.25, 0.3) is 5.69 Å². The van der Waals surface area contributed by atoms with Crippen LogP contribution in [0.4, 0.5) is 5.69 Å². The molecule has 20 heavy (non-hydrogen) atoms. The first-order chi connectivity index (χ1) is 9.52. The van der Waals surface area contributed by atoms with Crippen molar-refractivity contribution in [2.45, 2.75) is 0 Å². The van der Waals surface area contributed by atoms with Gasteiger partial charge in [-0.1, -0.05) is 23.2 Å². The van der Waals surface area contributed by atoms with Gasteiger partial charge in [-0.2, -0.15) is 5.26 Å². The minimum atomic E-state index is -0.579. The molecule has 1 aromatic carbocycles. The average Bonchev–Trinajstić information content (AvgIpc) is 2.43. The molecule has 0 N–H and O–H groups in total. The Morgan fingerprint density at radius 2 is 2.10 bits per heavy atom. The molecule has 0 saturated carbocycles. The van der Waals surface area contributed by atoms with Gasteiger partial charge in [0.1, 0.15) is 11.1 Å². The van der Waals surface area contributed by atoms with Gasteiger partial charge in [-0.3, -0.25) is 10.1 Å². The zero-order chi connectivity index (χ0) is 14.7. The molecule has 0 atom stereocenters. The van der Waals surface area contributed by atoms with Gasteiger partial charge in [0, 0.05) is 12.3 Å². The van der Waals surface area contributed by atoms with Gasteiger partial charge in [-0.25, -0.2) is 4.98 Å². The van der Waals surface area contributed by atoms with Crippen LogP contribution in [0.2, 0.25) is 10.0 Å². The Morgan fingerprint density at radius 1 is 1.35 bits per heavy atom. The fraction of sp³-hybridized carbons (Fsp3) is 0. The third-order valence-electron chi connectivity index (χ3n) is 2.31. The van der Waals surface area contributed by atoms with Gasteiger partial charge >= 0.3 is 0 Å². The average molecular weight is 310 g/mol. The van der Waals surface area contributed by atoms with E-state index < -0.39 is 4.92 Å². The van der Waals surface area contributed by atoms with Crippen molar-refractivity contribution >= 4 is 28.9 Å². The predicted octanol–water partition coefficient (Wildman–Crippen LogP) is 3.96. The summed E-state index contributed by atoms with van der Waals surface area (Å²) >= 11 is 11.8. The van der Waals surface area contributed by atoms with Crippen molar-refractivity contribution in [1.29, 1.82) is 5.26 Å². The second kappa shape index (κ2) is 5.74. The molecule has 1 aromatic heterocycles. The zero-order valence-corrected chi connectivity index (χ0v) is 11.2. The molecule has 0 aliphatic rings. The van der Waals surface area contributed by atoms with Gasteiger partial charge in [-0.15, -0.1) is 0 Å². The quantitative estimate of drug-likeness (QED) is 0.632. The van der Waals surface area contributed by atoms with E-state index in [0.717, 1.165) is 6.07 Å². The number of benzene rings is 1. The molecule has 0 radical (unpaired) electrons. The Morgan fingerprint density at radius 3 is 2.75 bits per heavy atom. The molecule has 0 aliphatic heterocycles. The standard InChI is InChI=1S/C12H5Cl2N3O3/c13-9-2-1-8(17(18)19)5-10(9)20-12-11(14)7(6-15)3-4-16-12/h1-5H. The number of halogens is 2. The molecule has 0 fully saturated rings. The first kappa shape index (κ1) is 14.1. The van der Waals surface area contributed by atoms with E-state index in [1.165, 1.54) is 24.4 Å². The summed E-state index contributed by atoms with van der Waals surface area (Å²) in [5, 5.41) is 19.7. The lowest BCUT2D eigenvalue weighted by Crippen LogP contribution is -1.93. The summed E-state index contributed by atoms with van der Waals surface area (Å²) in [6.07, 6.45) is 1.34. The maximum Gasteiger partial charge on any atom is 0.273 e. The highest BCUT2D eigenvalue weighted by molar-refractivity contribution is 6.33. The largest absolute Gasteiger partial charge is 0.436 e. The molecular weight excluding hydrogens is 305 g/mol. The minimum Gasteiger partial charge on any atom is -0.436 e. The lowest BCUT2D eigenvalue weighted by Gasteiger charge is -2.08. The molecule has 8 heteroatoms. The maximum absolute atomic E-state index is 10.7. The van der Waals surface area contributed by atoms with Crippen LogP contribution in [0.1, 0.15) is 5.56 Å². The molecule has 2 aromatic rings. The Labute approximate surface area is 123 Å². The Balaban J connectivity index is 2.43. The van der Waals surface area contributed by atoms with E-state index >= 15 is 0 Å². The highest BCUT2D eigenvalue weighted by Gasteiger charge is 2.15. The Kier molecular flexibility index (Phi) is 4.03. The van der Waals surface area contributed by atoms with Crippen molar-refractivity contribution in [2.75, 3.05) is 0 Å². The molecule has 0 amide bonds. The zero-order valence-electron chi connectivity index (χ0n) is 9.71. The van der Waals surface area contributed by atoms with Crippen LogP contribution in [-0.2, 0) is 0 Å². The maximum atomic E-state index is 10.7. The van der Waals surface area contributed by atoms with Gasteiger partial charge in [0.15, 0.2) is 5.75 Å². The van der Waals surface area contributed by atoms with Crippen LogP contribution in [-0.4, -0.2) is 9.91 Å². The molecule has 0 unspecified atom stereocenters. The van der Waals surface area contributed by atoms with Crippen LogP contribution in [0.3, 0.4) is 0 Å². The summed E-state index contributed by atoms with van der Waals surface area (Å²) in [7, 11) is 0. The second-order valence-corrected chi connectivity index (χ2v) is 4.35. The predicted molar refractivity (Wildman–Crippen MR) is 72.1 cm³/mol. The van der Waals surface area contributed by atoms with Gasteiger partial charge < -0.3 is 4.74 Å². The summed E-state index contributed by atoms with van der Waals surface area (Å²) in [4.78, 5) is 14.0. The molecule has 6 nitrogen and oxygen atoms in total. The van der Waals surface area contributed by atoms with Crippen molar-refractivity contribution in [1.82, 2.24) is 4.98 Å². The van der Waals surface area contributed by atoms with Crippen LogP contribution in [0.5, 0.6) is 11.6 Å². The summed E-state index contributed by atoms with van der Waals surface area (Å²) < 4.78 is 5.34. The number of aromatic nitrogens is 1. The number of nitriles is 1. The summed E-state index contributed by atoms with van der Waals surface area (Å²) in [6, 6.07) is 7.02. The first-order valence-corrected chi connectivity index (χ1v) is 5.95. The molecule has 100 valence electrons. The van der Waals surface area contributed by atoms with Gasteiger partial charge in [0.05, 0.1) is 21.6 Å². The topological polar surface area (TPSA) is 89.0 Å². The smallest absolute Gasteiger partial charge is 0.273 e. The molecule has 2 rings (SSSR count). The number of hydrogen-bond donors (Lipinski definition) is 0. The van der Waals surface area contributed by atoms with E-state index in [1.54, 1.807) is 0 Å². The van der Waals surface area contributed by atoms with Crippen molar-refractivity contribution in [3.8, 4) is 17.7 Å². The van der Waals surface area contributed by atoms with Gasteiger partial charge in [-0.05, 0) is 12.1 Å². The van der Waals surface area contributed by atoms with E-state index in [9.17, 15) is 10.1 Å². The lowest BCUT2D eigenvalue weighted by atomic mass is 10.3. The molecule has 0 bridgehead atoms. The lowest BCUT2D eigenvalue weighted by molar-refractivity contribution is -0.384. The fourth-order valence-electron chi connectivity index (χ4n) is 1.37. The van der Waals surface area contributed by atoms with Crippen molar-refractivity contribution < 1.29 is 9.66 Å². The van der Waals surface area contributed by atoms with Crippen LogP contribution >= 0.6 is 23.2 Å². The van der Waals surface area contributed by atoms with E-state index in [2.05, 4.69) is 4.98 Å². The van der Waals surface area contributed by atoms with Crippen LogP contribution in [0.25, 0.3) is 0 Å². The molecule has 0 saturated heterocycles. The molecule has 0 aliphatic carbocycles. The SMILES string of the molecule is N#Cc1ccnc(Oc2cc([N+](=O)[O-])ccc2Cl)c1Cl. The van der Waals surface area contributed by atoms with E-state index in [1.807, 2.05) is 6.07 Å². The number of rotatable bonds is 3. The highest BCUT2D eigenvalue weighted by Crippen LogP contribution is 2.35. The van der Waals surface area contributed by atoms with Crippen molar-refractivity contribution in [3.63, 3.8) is 0 Å². The number of pyridine rings is 1. The van der Waals surface area contributed by atoms with E-state index in [0.29, 0.717) is 0 Å². The number of hydrogen-bond acceptors (Lipinski definition) is 5. The van der Waals surface area contributed by atoms with E-state index in [4.69, 9.17) is 33.2 Å². The van der Waals surface area contributed by atoms with Crippen molar-refractivity contribution in [2.24, 2.45) is 0 Å². The first-order valence-electron chi connectivity index (χ1n) is 5.19. The normalized spacial score (nSPS) is 9.85. The van der Waals surface area contributed by atoms with Gasteiger partial charge in [0.2, 0.25) is 5.88 Å². The highest BCUT2D eigenvalue weighted by atomic mass is 35.5. The Hall–Kier alpha value is -2.36. The Bertz CT molecular complexity index is 728. The fourth-order valence-corrected chi connectivity index (χ4v) is 1.72. The number of ether oxygens (including phenoxy) is 1. The number of nitro groups is 1. The molecular formula is C12H5Cl2N3O3. The van der Waals surface area contributed by atoms with Crippen molar-refractivity contribution in [3.05, 3.63) is 56.2 Å². The second-order valence-electron chi connectivity index (χ2n) is 3.56. The van der Waals surface area contributed by atoms with Crippen LogP contribution in [0.15, 0.2) is 30.5 Å². The third kappa shape index (κ3) is 2.79. The number of non-ortho nitro benzene ring substituents is 1. The third-order valence-corrected chi connectivity index (χ3v) is 2.99. The molecule has 1 heterocycles. The van der Waals surface area contributed by atoms with E-state index in [-0.39, 0.29) is 32.9 Å². The number of nitrogens with zero attached hydrogens (tertiary/aromatic N) is 3. The molecule has 0 spiro atoms. The summed E-state index contributed by atoms with van der Waals surface area (Å²) in [6.45, 7) is 0. The monoisotopic (exact) mass is 309 g/mol. The van der Waals surface area contributed by atoms with Crippen LogP contribution in [0, 0.1) is 21.4 Å². The van der Waals surface area contributed by atoms with Crippen LogP contribution < -0.4 is 4.74 Å². The summed E-state index contributed by atoms with van der Waals surface area (Å²) in [5.41, 5.74) is -0.00446. The number of nitro benzene ring substituents is 1. The summed E-state index contributed by atoms with van der Waals surface area (Å²) in [5.74, 6) is -0.0153. The minimum absolute atomic E-state index is 0.0116.